The number of hydrogen-bond acceptors (Lipinski definition) is 15. The number of rotatable bonds is 8. The van der Waals surface area contributed by atoms with Gasteiger partial charge in [-0.15, -0.1) is 0 Å². The molecule has 9 N–H and O–H groups in total. The van der Waals surface area contributed by atoms with Crippen LogP contribution >= 0.6 is 0 Å². The molecule has 0 amide bonds. The number of aliphatic hydroxyl groups is 8. The second-order valence-corrected chi connectivity index (χ2v) is 20.1. The van der Waals surface area contributed by atoms with E-state index in [2.05, 4.69) is 26.8 Å². The zero-order valence-corrected chi connectivity index (χ0v) is 34.5. The van der Waals surface area contributed by atoms with E-state index in [9.17, 15) is 55.5 Å². The summed E-state index contributed by atoms with van der Waals surface area (Å²) in [5, 5.41) is 96.7. The van der Waals surface area contributed by atoms with Gasteiger partial charge in [0.1, 0.15) is 42.7 Å². The molecule has 7 rings (SSSR count). The maximum atomic E-state index is 13.2. The molecule has 330 valence electrons. The second kappa shape index (κ2) is 15.2. The van der Waals surface area contributed by atoms with E-state index in [1.807, 2.05) is 13.8 Å². The smallest absolute Gasteiger partial charge is 0.311 e. The monoisotopic (exact) mass is 826 g/mol. The minimum atomic E-state index is -1.73. The molecular weight excluding hydrogens is 760 g/mol. The average Bonchev–Trinajstić information content (AvgIpc) is 3.18. The zero-order valence-electron chi connectivity index (χ0n) is 34.5. The van der Waals surface area contributed by atoms with E-state index in [0.29, 0.717) is 51.4 Å². The van der Waals surface area contributed by atoms with Crippen LogP contribution in [0.5, 0.6) is 0 Å². The lowest BCUT2D eigenvalue weighted by Gasteiger charge is -2.71. The highest BCUT2D eigenvalue weighted by Gasteiger charge is 2.71. The summed E-state index contributed by atoms with van der Waals surface area (Å²) in [4.78, 5) is 26.2. The Morgan fingerprint density at radius 1 is 0.810 bits per heavy atom. The average molecular weight is 827 g/mol. The van der Waals surface area contributed by atoms with E-state index < -0.39 is 102 Å². The van der Waals surface area contributed by atoms with Crippen LogP contribution in [0, 0.1) is 50.2 Å². The molecule has 0 bridgehead atoms. The molecule has 7 aliphatic rings. The minimum Gasteiger partial charge on any atom is -0.481 e. The molecule has 0 spiro atoms. The fourth-order valence-electron chi connectivity index (χ4n) is 13.8. The van der Waals surface area contributed by atoms with Crippen LogP contribution in [0.25, 0.3) is 0 Å². The van der Waals surface area contributed by atoms with Crippen molar-refractivity contribution in [2.24, 2.45) is 50.2 Å². The van der Waals surface area contributed by atoms with Crippen molar-refractivity contribution in [1.82, 2.24) is 0 Å². The Bertz CT molecular complexity index is 1610. The standard InChI is InChI=1S/C42H66O16/c1-37(36(53)54-6)11-13-42(35(51)52)14-12-40(4)20(21(42)15-37)7-8-26-38(2)16-22(45)32(39(3,19-44)25(38)9-10-41(26,40)5)58-33-30(49)28(47)24(18-55-33)57-34-31(50)29(48)27(46)23(17-43)56-34/h7,21-34,43-50H,8-19H2,1-6H3,(H,51,52)/t21?,22-,23+,24+,25+,26?,27+,28-,29-,30+,31+,32-,33-,34-,37-,38?,39-,40+,41+,42?/m0/s1. The topological polar surface area (TPSA) is 262 Å². The van der Waals surface area contributed by atoms with Gasteiger partial charge in [0.25, 0.3) is 0 Å². The highest BCUT2D eigenvalue weighted by atomic mass is 16.7. The predicted octanol–water partition coefficient (Wildman–Crippen LogP) is 0.617. The van der Waals surface area contributed by atoms with Gasteiger partial charge in [0.05, 0.1) is 50.0 Å². The van der Waals surface area contributed by atoms with Crippen LogP contribution in [0.1, 0.15) is 92.4 Å². The van der Waals surface area contributed by atoms with Crippen molar-refractivity contribution in [3.63, 3.8) is 0 Å². The molecule has 0 aromatic heterocycles. The summed E-state index contributed by atoms with van der Waals surface area (Å²) in [5.74, 6) is -1.57. The van der Waals surface area contributed by atoms with Crippen LogP contribution in [-0.4, -0.2) is 152 Å². The first-order chi connectivity index (χ1) is 27.1. The number of ether oxygens (including phenoxy) is 5. The third kappa shape index (κ3) is 6.29. The summed E-state index contributed by atoms with van der Waals surface area (Å²) >= 11 is 0. The fourth-order valence-corrected chi connectivity index (χ4v) is 13.8. The van der Waals surface area contributed by atoms with Crippen molar-refractivity contribution < 1.29 is 79.2 Å². The highest BCUT2D eigenvalue weighted by molar-refractivity contribution is 5.80. The molecule has 2 saturated heterocycles. The van der Waals surface area contributed by atoms with Gasteiger partial charge in [-0.05, 0) is 98.7 Å². The van der Waals surface area contributed by atoms with Gasteiger partial charge >= 0.3 is 11.9 Å². The molecule has 2 heterocycles. The Balaban J connectivity index is 1.11. The molecule has 58 heavy (non-hydrogen) atoms. The Morgan fingerprint density at radius 2 is 1.48 bits per heavy atom. The number of aliphatic carboxylic acids is 1. The molecule has 0 radical (unpaired) electrons. The van der Waals surface area contributed by atoms with Gasteiger partial charge in [-0.2, -0.15) is 0 Å². The van der Waals surface area contributed by atoms with Crippen molar-refractivity contribution in [2.45, 2.75) is 160 Å². The molecule has 16 nitrogen and oxygen atoms in total. The van der Waals surface area contributed by atoms with Crippen molar-refractivity contribution in [3.8, 4) is 0 Å². The van der Waals surface area contributed by atoms with Crippen LogP contribution in [0.15, 0.2) is 11.6 Å². The summed E-state index contributed by atoms with van der Waals surface area (Å²) in [7, 11) is 1.38. The van der Waals surface area contributed by atoms with E-state index in [1.165, 1.54) is 7.11 Å². The molecule has 4 saturated carbocycles. The van der Waals surface area contributed by atoms with E-state index in [4.69, 9.17) is 23.7 Å². The Hall–Kier alpha value is -1.80. The molecular formula is C42H66O16. The van der Waals surface area contributed by atoms with Gasteiger partial charge in [-0.1, -0.05) is 39.3 Å². The molecule has 0 aromatic carbocycles. The molecule has 4 unspecified atom stereocenters. The van der Waals surface area contributed by atoms with Crippen molar-refractivity contribution in [1.29, 1.82) is 0 Å². The number of esters is 1. The Labute approximate surface area is 339 Å². The highest BCUT2D eigenvalue weighted by Crippen LogP contribution is 2.76. The van der Waals surface area contributed by atoms with Gasteiger partial charge in [0.15, 0.2) is 12.6 Å². The van der Waals surface area contributed by atoms with Crippen molar-refractivity contribution >= 4 is 11.9 Å². The van der Waals surface area contributed by atoms with E-state index in [-0.39, 0.29) is 47.8 Å². The van der Waals surface area contributed by atoms with Crippen LogP contribution in [0.3, 0.4) is 0 Å². The fraction of sp³-hybridized carbons (Fsp3) is 0.905. The number of carbonyl (C=O) groups excluding carboxylic acids is 1. The SMILES string of the molecule is COC(=O)[C@@]1(C)CCC2(C(=O)O)CC[C@]3(C)C(=CCC4C5(C)C[C@H](O)[C@H](O[C@@H]6OC[C@@H](O[C@@H]7O[C@H](CO)[C@@H](O)[C@H](O)[C@H]7O)[C@H](O)[C@H]6O)[C@@](C)(CO)[C@@H]5CC[C@]43C)C2C1. The number of allylic oxidation sites excluding steroid dienone is 2. The van der Waals surface area contributed by atoms with Crippen LogP contribution < -0.4 is 0 Å². The molecule has 16 heteroatoms. The first-order valence-corrected chi connectivity index (χ1v) is 21.0. The summed E-state index contributed by atoms with van der Waals surface area (Å²) < 4.78 is 28.5. The van der Waals surface area contributed by atoms with Crippen molar-refractivity contribution in [2.75, 3.05) is 26.9 Å². The maximum Gasteiger partial charge on any atom is 0.311 e. The normalized spacial score (nSPS) is 54.2. The molecule has 6 fully saturated rings. The van der Waals surface area contributed by atoms with Gasteiger partial charge in [0, 0.05) is 5.41 Å². The maximum absolute atomic E-state index is 13.2. The van der Waals surface area contributed by atoms with E-state index in [1.54, 1.807) is 0 Å². The lowest BCUT2D eigenvalue weighted by Crippen LogP contribution is -2.69. The Morgan fingerprint density at radius 3 is 2.12 bits per heavy atom. The molecule has 0 aromatic rings. The largest absolute Gasteiger partial charge is 0.481 e. The number of hydrogen-bond donors (Lipinski definition) is 9. The van der Waals surface area contributed by atoms with Crippen LogP contribution in [0.2, 0.25) is 0 Å². The quantitative estimate of drug-likeness (QED) is 0.0923. The van der Waals surface area contributed by atoms with Gasteiger partial charge in [-0.3, -0.25) is 9.59 Å². The van der Waals surface area contributed by atoms with Crippen LogP contribution in [-0.2, 0) is 33.3 Å². The van der Waals surface area contributed by atoms with E-state index in [0.717, 1.165) is 12.0 Å². The third-order valence-corrected chi connectivity index (χ3v) is 17.4. The Kier molecular flexibility index (Phi) is 11.6. The number of carboxylic acids is 1. The number of methoxy groups -OCH3 is 1. The van der Waals surface area contributed by atoms with Crippen molar-refractivity contribution in [3.05, 3.63) is 11.6 Å². The summed E-state index contributed by atoms with van der Waals surface area (Å²) in [6, 6.07) is 0. The number of fused-ring (bicyclic) bond motifs is 7. The summed E-state index contributed by atoms with van der Waals surface area (Å²) in [5.41, 5.74) is -2.86. The van der Waals surface area contributed by atoms with Crippen LogP contribution in [0.4, 0.5) is 0 Å². The number of carbonyl (C=O) groups is 2. The molecule has 2 aliphatic heterocycles. The summed E-state index contributed by atoms with van der Waals surface area (Å²) in [6.07, 6.45) is -8.96. The number of carboxylic acid groups (broad SMARTS) is 1. The second-order valence-electron chi connectivity index (χ2n) is 20.1. The van der Waals surface area contributed by atoms with E-state index >= 15 is 0 Å². The first-order valence-electron chi connectivity index (χ1n) is 21.0. The predicted molar refractivity (Wildman–Crippen MR) is 201 cm³/mol. The van der Waals surface area contributed by atoms with Gasteiger partial charge in [-0.25, -0.2) is 0 Å². The first kappa shape index (κ1) is 44.3. The molecule has 5 aliphatic carbocycles. The lowest BCUT2D eigenvalue weighted by atomic mass is 9.33. The lowest BCUT2D eigenvalue weighted by molar-refractivity contribution is -0.357. The molecule has 20 atom stereocenters. The van der Waals surface area contributed by atoms with Gasteiger partial charge in [0.2, 0.25) is 0 Å². The third-order valence-electron chi connectivity index (χ3n) is 17.4. The zero-order chi connectivity index (χ0) is 42.5. The number of aliphatic hydroxyl groups excluding tert-OH is 8. The van der Waals surface area contributed by atoms with Gasteiger partial charge < -0.3 is 69.6 Å². The summed E-state index contributed by atoms with van der Waals surface area (Å²) in [6.45, 7) is 9.16. The minimum absolute atomic E-state index is 0.0422.